The summed E-state index contributed by atoms with van der Waals surface area (Å²) in [6.07, 6.45) is 2.87. The van der Waals surface area contributed by atoms with Crippen LogP contribution in [0.5, 0.6) is 0 Å². The van der Waals surface area contributed by atoms with Crippen molar-refractivity contribution in [3.05, 3.63) is 22.3 Å². The fraction of sp³-hybridized carbons (Fsp3) is 0.615. The van der Waals surface area contributed by atoms with Crippen molar-refractivity contribution >= 4 is 33.3 Å². The van der Waals surface area contributed by atoms with Gasteiger partial charge in [-0.1, -0.05) is 6.92 Å². The number of nitrogens with zero attached hydrogens (tertiary/aromatic N) is 2. The van der Waals surface area contributed by atoms with Gasteiger partial charge in [-0.05, 0) is 35.3 Å². The van der Waals surface area contributed by atoms with Crippen LogP contribution in [0, 0.1) is 0 Å². The molecule has 0 saturated carbocycles. The van der Waals surface area contributed by atoms with E-state index in [4.69, 9.17) is 16.3 Å². The summed E-state index contributed by atoms with van der Waals surface area (Å²) in [5.74, 6) is 1.42. The molecular formula is C13H20BrClN2O. The summed E-state index contributed by atoms with van der Waals surface area (Å²) in [6.45, 7) is 5.87. The largest absolute Gasteiger partial charge is 0.383 e. The Hall–Kier alpha value is -0.320. The van der Waals surface area contributed by atoms with Gasteiger partial charge in [0.1, 0.15) is 5.82 Å². The van der Waals surface area contributed by atoms with Crippen LogP contribution in [0.3, 0.4) is 0 Å². The molecule has 5 heteroatoms. The van der Waals surface area contributed by atoms with E-state index in [1.54, 1.807) is 7.11 Å². The van der Waals surface area contributed by atoms with Crippen LogP contribution in [0.2, 0.25) is 0 Å². The molecule has 18 heavy (non-hydrogen) atoms. The molecule has 0 aromatic carbocycles. The van der Waals surface area contributed by atoms with E-state index in [-0.39, 0.29) is 0 Å². The summed E-state index contributed by atoms with van der Waals surface area (Å²) in [6, 6.07) is 2.44. The van der Waals surface area contributed by atoms with Gasteiger partial charge in [-0.25, -0.2) is 4.98 Å². The molecule has 0 amide bonds. The first kappa shape index (κ1) is 15.7. The lowest BCUT2D eigenvalue weighted by molar-refractivity contribution is 0.203. The van der Waals surface area contributed by atoms with Crippen molar-refractivity contribution < 1.29 is 4.74 Å². The predicted molar refractivity (Wildman–Crippen MR) is 80.5 cm³/mol. The van der Waals surface area contributed by atoms with Crippen LogP contribution in [-0.2, 0) is 10.6 Å². The van der Waals surface area contributed by atoms with E-state index in [1.165, 1.54) is 0 Å². The lowest BCUT2D eigenvalue weighted by Gasteiger charge is -2.31. The average molecular weight is 336 g/mol. The maximum Gasteiger partial charge on any atom is 0.133 e. The van der Waals surface area contributed by atoms with Crippen LogP contribution in [-0.4, -0.2) is 31.3 Å². The summed E-state index contributed by atoms with van der Waals surface area (Å²) in [5.41, 5.74) is 1.04. The van der Waals surface area contributed by atoms with Gasteiger partial charge in [0.25, 0.3) is 0 Å². The second-order valence-corrected chi connectivity index (χ2v) is 5.40. The molecule has 0 aliphatic heterocycles. The van der Waals surface area contributed by atoms with Crippen LogP contribution in [0.4, 0.5) is 5.82 Å². The van der Waals surface area contributed by atoms with Gasteiger partial charge in [-0.2, -0.15) is 0 Å². The normalized spacial score (nSPS) is 12.5. The fourth-order valence-corrected chi connectivity index (χ4v) is 2.35. The van der Waals surface area contributed by atoms with E-state index in [2.05, 4.69) is 39.7 Å². The maximum absolute atomic E-state index is 6.01. The van der Waals surface area contributed by atoms with Crippen molar-refractivity contribution in [1.82, 2.24) is 4.98 Å². The first-order chi connectivity index (χ1) is 8.63. The number of methoxy groups -OCH3 is 1. The smallest absolute Gasteiger partial charge is 0.133 e. The Kier molecular flexibility index (Phi) is 6.97. The van der Waals surface area contributed by atoms with Gasteiger partial charge < -0.3 is 9.64 Å². The molecule has 1 rings (SSSR count). The highest BCUT2D eigenvalue weighted by atomic mass is 79.9. The number of anilines is 1. The zero-order chi connectivity index (χ0) is 13.5. The van der Waals surface area contributed by atoms with Gasteiger partial charge in [-0.3, -0.25) is 0 Å². The Morgan fingerprint density at radius 1 is 1.56 bits per heavy atom. The zero-order valence-electron chi connectivity index (χ0n) is 11.1. The number of alkyl halides is 1. The van der Waals surface area contributed by atoms with E-state index in [0.29, 0.717) is 18.5 Å². The molecule has 1 aromatic heterocycles. The molecular weight excluding hydrogens is 316 g/mol. The summed E-state index contributed by atoms with van der Waals surface area (Å²) in [4.78, 5) is 6.77. The van der Waals surface area contributed by atoms with Crippen LogP contribution < -0.4 is 4.90 Å². The van der Waals surface area contributed by atoms with Crippen molar-refractivity contribution in [2.24, 2.45) is 0 Å². The highest BCUT2D eigenvalue weighted by Gasteiger charge is 2.17. The molecule has 1 aromatic rings. The molecule has 0 aliphatic carbocycles. The van der Waals surface area contributed by atoms with E-state index in [1.807, 2.05) is 12.3 Å². The standard InChI is InChI=1S/C13H20BrClN2O/c1-4-10(2)17(5-6-18-3)13-11(8-15)7-12(14)9-16-13/h7,9-10H,4-6,8H2,1-3H3. The molecule has 0 fully saturated rings. The van der Waals surface area contributed by atoms with Gasteiger partial charge in [-0.15, -0.1) is 11.6 Å². The third-order valence-electron chi connectivity index (χ3n) is 2.98. The lowest BCUT2D eigenvalue weighted by Crippen LogP contribution is -2.36. The van der Waals surface area contributed by atoms with E-state index in [9.17, 15) is 0 Å². The predicted octanol–water partition coefficient (Wildman–Crippen LogP) is 3.83. The fourth-order valence-electron chi connectivity index (χ4n) is 1.78. The number of rotatable bonds is 7. The van der Waals surface area contributed by atoms with Gasteiger partial charge in [0.05, 0.1) is 12.5 Å². The number of aromatic nitrogens is 1. The minimum atomic E-state index is 0.413. The molecule has 0 saturated heterocycles. The van der Waals surface area contributed by atoms with Gasteiger partial charge >= 0.3 is 0 Å². The monoisotopic (exact) mass is 334 g/mol. The number of ether oxygens (including phenoxy) is 1. The Morgan fingerprint density at radius 2 is 2.28 bits per heavy atom. The summed E-state index contributed by atoms with van der Waals surface area (Å²) >= 11 is 9.44. The molecule has 1 atom stereocenters. The molecule has 0 radical (unpaired) electrons. The Balaban J connectivity index is 3.03. The van der Waals surface area contributed by atoms with Gasteiger partial charge in [0, 0.05) is 35.9 Å². The molecule has 1 unspecified atom stereocenters. The number of hydrogen-bond acceptors (Lipinski definition) is 3. The Morgan fingerprint density at radius 3 is 2.83 bits per heavy atom. The summed E-state index contributed by atoms with van der Waals surface area (Å²) < 4.78 is 6.13. The van der Waals surface area contributed by atoms with Crippen molar-refractivity contribution in [2.45, 2.75) is 32.2 Å². The third-order valence-corrected chi connectivity index (χ3v) is 3.71. The topological polar surface area (TPSA) is 25.4 Å². The Labute approximate surface area is 123 Å². The van der Waals surface area contributed by atoms with Crippen LogP contribution in [0.1, 0.15) is 25.8 Å². The van der Waals surface area contributed by atoms with Gasteiger partial charge in [0.2, 0.25) is 0 Å². The number of hydrogen-bond donors (Lipinski definition) is 0. The maximum atomic E-state index is 6.01. The molecule has 0 N–H and O–H groups in total. The first-order valence-electron chi connectivity index (χ1n) is 6.10. The minimum Gasteiger partial charge on any atom is -0.383 e. The second kappa shape index (κ2) is 7.97. The summed E-state index contributed by atoms with van der Waals surface area (Å²) in [5, 5.41) is 0. The lowest BCUT2D eigenvalue weighted by atomic mass is 10.2. The molecule has 3 nitrogen and oxygen atoms in total. The van der Waals surface area contributed by atoms with Crippen LogP contribution in [0.15, 0.2) is 16.7 Å². The Bertz CT molecular complexity index is 376. The van der Waals surface area contributed by atoms with Crippen LogP contribution >= 0.6 is 27.5 Å². The number of pyridine rings is 1. The number of halogens is 2. The molecule has 0 aliphatic rings. The molecule has 0 bridgehead atoms. The highest BCUT2D eigenvalue weighted by Crippen LogP contribution is 2.25. The molecule has 1 heterocycles. The highest BCUT2D eigenvalue weighted by molar-refractivity contribution is 9.10. The average Bonchev–Trinajstić information content (AvgIpc) is 2.39. The SMILES string of the molecule is CCC(C)N(CCOC)c1ncc(Br)cc1CCl. The first-order valence-corrected chi connectivity index (χ1v) is 7.42. The third kappa shape index (κ3) is 4.11. The molecule has 102 valence electrons. The van der Waals surface area contributed by atoms with E-state index >= 15 is 0 Å². The summed E-state index contributed by atoms with van der Waals surface area (Å²) in [7, 11) is 1.71. The van der Waals surface area contributed by atoms with Gasteiger partial charge in [0.15, 0.2) is 0 Å². The second-order valence-electron chi connectivity index (χ2n) is 4.21. The van der Waals surface area contributed by atoms with E-state index < -0.39 is 0 Å². The van der Waals surface area contributed by atoms with Crippen molar-refractivity contribution in [3.63, 3.8) is 0 Å². The van der Waals surface area contributed by atoms with Crippen molar-refractivity contribution in [1.29, 1.82) is 0 Å². The quantitative estimate of drug-likeness (QED) is 0.708. The van der Waals surface area contributed by atoms with E-state index in [0.717, 1.165) is 28.8 Å². The molecule has 0 spiro atoms. The zero-order valence-corrected chi connectivity index (χ0v) is 13.5. The van der Waals surface area contributed by atoms with Crippen molar-refractivity contribution in [3.8, 4) is 0 Å². The van der Waals surface area contributed by atoms with Crippen LogP contribution in [0.25, 0.3) is 0 Å². The van der Waals surface area contributed by atoms with Crippen molar-refractivity contribution in [2.75, 3.05) is 25.2 Å². The minimum absolute atomic E-state index is 0.413.